The van der Waals surface area contributed by atoms with Crippen LogP contribution in [0.15, 0.2) is 16.9 Å². The molecule has 4 aromatic rings. The smallest absolute Gasteiger partial charge is 0.319 e. The van der Waals surface area contributed by atoms with E-state index < -0.39 is 11.6 Å². The number of fused-ring (bicyclic) bond motifs is 4. The first-order chi connectivity index (χ1) is 20.8. The minimum atomic E-state index is -0.667. The number of halogens is 2. The number of aromatic nitrogens is 4. The molecular formula is C30H34F2N8O2S. The van der Waals surface area contributed by atoms with Crippen LogP contribution < -0.4 is 26.2 Å². The SMILES string of the molecule is CN1CCC[C@H]1COc1nc(N2CC3CCC(C2)N3)c2c(=O)n(CC3CC3)c(-c3ccc(F)c4sc(N)nc34)c(F)c2n1. The summed E-state index contributed by atoms with van der Waals surface area (Å²) in [6.07, 6.45) is 6.10. The van der Waals surface area contributed by atoms with E-state index in [1.807, 2.05) is 0 Å². The second kappa shape index (κ2) is 10.3. The van der Waals surface area contributed by atoms with Crippen molar-refractivity contribution < 1.29 is 13.5 Å². The van der Waals surface area contributed by atoms with E-state index in [9.17, 15) is 9.18 Å². The molecule has 10 nitrogen and oxygen atoms in total. The Morgan fingerprint density at radius 2 is 1.86 bits per heavy atom. The number of thiazole rings is 1. The zero-order valence-electron chi connectivity index (χ0n) is 24.0. The van der Waals surface area contributed by atoms with E-state index in [1.54, 1.807) is 0 Å². The van der Waals surface area contributed by atoms with E-state index in [2.05, 4.69) is 32.1 Å². The summed E-state index contributed by atoms with van der Waals surface area (Å²) < 4.78 is 39.7. The van der Waals surface area contributed by atoms with Crippen molar-refractivity contribution in [2.24, 2.45) is 5.92 Å². The highest BCUT2D eigenvalue weighted by Gasteiger charge is 2.36. The van der Waals surface area contributed by atoms with Crippen molar-refractivity contribution in [3.8, 4) is 17.3 Å². The van der Waals surface area contributed by atoms with Gasteiger partial charge in [0.15, 0.2) is 10.9 Å². The average Bonchev–Trinajstić information content (AvgIpc) is 3.42. The van der Waals surface area contributed by atoms with Gasteiger partial charge in [0.2, 0.25) is 0 Å². The summed E-state index contributed by atoms with van der Waals surface area (Å²) in [5.41, 5.74) is 6.12. The Bertz CT molecular complexity index is 1800. The molecule has 0 spiro atoms. The Hall–Kier alpha value is -3.42. The van der Waals surface area contributed by atoms with E-state index in [-0.39, 0.29) is 67.6 Å². The normalized spacial score (nSPS) is 24.1. The molecule has 4 aliphatic rings. The van der Waals surface area contributed by atoms with Crippen LogP contribution in [-0.2, 0) is 6.54 Å². The number of nitrogen functional groups attached to an aromatic ring is 1. The molecule has 3 N–H and O–H groups in total. The zero-order chi connectivity index (χ0) is 29.4. The standard InChI is InChI=1S/C30H34F2N8O2S/c1-38-10-2-3-18(38)14-42-30-36-24-21(27(37-30)39-12-16-6-7-17(13-39)34-16)28(41)40(11-15-4-5-15)25(22(24)32)19-8-9-20(31)26-23(19)35-29(33)43-26/h8-9,15-18,34H,2-7,10-14H2,1H3,(H2,33,35)/t16?,17?,18-/m0/s1. The van der Waals surface area contributed by atoms with Crippen molar-refractivity contribution in [1.29, 1.82) is 0 Å². The first kappa shape index (κ1) is 27.2. The molecule has 3 saturated heterocycles. The first-order valence-electron chi connectivity index (χ1n) is 15.2. The number of likely N-dealkylation sites (tertiary alicyclic amines) is 1. The number of ether oxygens (including phenoxy) is 1. The van der Waals surface area contributed by atoms with E-state index in [0.717, 1.165) is 56.4 Å². The minimum Gasteiger partial charge on any atom is -0.462 e. The maximum absolute atomic E-state index is 17.1. The third-order valence-corrected chi connectivity index (χ3v) is 10.4. The predicted octanol–water partition coefficient (Wildman–Crippen LogP) is 3.75. The Balaban J connectivity index is 1.35. The van der Waals surface area contributed by atoms with Gasteiger partial charge in [-0.1, -0.05) is 11.3 Å². The van der Waals surface area contributed by atoms with Crippen LogP contribution in [-0.4, -0.2) is 75.8 Å². The van der Waals surface area contributed by atoms with Crippen molar-refractivity contribution >= 4 is 43.4 Å². The number of piperazine rings is 1. The number of anilines is 2. The number of benzene rings is 1. The van der Waals surface area contributed by atoms with Gasteiger partial charge < -0.3 is 30.2 Å². The molecule has 1 saturated carbocycles. The number of hydrogen-bond donors (Lipinski definition) is 2. The number of pyridine rings is 1. The molecule has 3 aromatic heterocycles. The molecule has 0 radical (unpaired) electrons. The van der Waals surface area contributed by atoms with Gasteiger partial charge in [-0.25, -0.2) is 13.8 Å². The first-order valence-corrected chi connectivity index (χ1v) is 16.0. The van der Waals surface area contributed by atoms with Crippen LogP contribution >= 0.6 is 11.3 Å². The second-order valence-electron chi connectivity index (χ2n) is 12.5. The molecule has 2 bridgehead atoms. The highest BCUT2D eigenvalue weighted by molar-refractivity contribution is 7.22. The van der Waals surface area contributed by atoms with Crippen LogP contribution in [0.2, 0.25) is 0 Å². The quantitative estimate of drug-likeness (QED) is 0.324. The highest BCUT2D eigenvalue weighted by Crippen LogP contribution is 2.40. The molecule has 13 heteroatoms. The summed E-state index contributed by atoms with van der Waals surface area (Å²) in [4.78, 5) is 32.6. The molecule has 2 unspecified atom stereocenters. The topological polar surface area (TPSA) is 114 Å². The van der Waals surface area contributed by atoms with E-state index in [1.165, 1.54) is 16.7 Å². The Morgan fingerprint density at radius 1 is 1.07 bits per heavy atom. The third kappa shape index (κ3) is 4.72. The van der Waals surface area contributed by atoms with Gasteiger partial charge >= 0.3 is 6.01 Å². The highest BCUT2D eigenvalue weighted by atomic mass is 32.1. The Kier molecular flexibility index (Phi) is 6.53. The third-order valence-electron chi connectivity index (χ3n) is 9.51. The van der Waals surface area contributed by atoms with Gasteiger partial charge in [0.25, 0.3) is 5.56 Å². The number of hydrogen-bond acceptors (Lipinski definition) is 10. The fraction of sp³-hybridized carbons (Fsp3) is 0.533. The van der Waals surface area contributed by atoms with Gasteiger partial charge in [0.05, 0.1) is 15.9 Å². The number of nitrogens with zero attached hydrogens (tertiary/aromatic N) is 6. The van der Waals surface area contributed by atoms with Crippen LogP contribution in [0.4, 0.5) is 19.7 Å². The zero-order valence-corrected chi connectivity index (χ0v) is 24.8. The lowest BCUT2D eigenvalue weighted by Crippen LogP contribution is -2.51. The Morgan fingerprint density at radius 3 is 2.58 bits per heavy atom. The van der Waals surface area contributed by atoms with Crippen LogP contribution in [0, 0.1) is 17.6 Å². The minimum absolute atomic E-state index is 0.0474. The van der Waals surface area contributed by atoms with E-state index in [4.69, 9.17) is 15.5 Å². The van der Waals surface area contributed by atoms with Crippen molar-refractivity contribution in [3.05, 3.63) is 34.1 Å². The molecule has 1 aliphatic carbocycles. The molecule has 0 amide bonds. The van der Waals surface area contributed by atoms with Crippen molar-refractivity contribution in [1.82, 2.24) is 29.7 Å². The summed E-state index contributed by atoms with van der Waals surface area (Å²) in [6, 6.07) is 3.58. The molecule has 6 heterocycles. The molecule has 3 atom stereocenters. The molecule has 3 aliphatic heterocycles. The lowest BCUT2D eigenvalue weighted by Gasteiger charge is -2.34. The molecule has 226 valence electrons. The monoisotopic (exact) mass is 608 g/mol. The number of rotatable bonds is 7. The van der Waals surface area contributed by atoms with Crippen molar-refractivity contribution in [3.63, 3.8) is 0 Å². The second-order valence-corrected chi connectivity index (χ2v) is 13.6. The van der Waals surface area contributed by atoms with Crippen molar-refractivity contribution in [2.75, 3.05) is 43.9 Å². The van der Waals surface area contributed by atoms with Gasteiger partial charge in [0.1, 0.15) is 29.1 Å². The lowest BCUT2D eigenvalue weighted by molar-refractivity contribution is 0.188. The van der Waals surface area contributed by atoms with Gasteiger partial charge in [0, 0.05) is 43.3 Å². The van der Waals surface area contributed by atoms with Gasteiger partial charge in [-0.15, -0.1) is 0 Å². The van der Waals surface area contributed by atoms with Crippen LogP contribution in [0.25, 0.3) is 32.4 Å². The summed E-state index contributed by atoms with van der Waals surface area (Å²) in [5, 5.41) is 3.95. The summed E-state index contributed by atoms with van der Waals surface area (Å²) >= 11 is 1.00. The molecule has 4 fully saturated rings. The number of likely N-dealkylation sites (N-methyl/N-ethyl adjacent to an activating group) is 1. The number of nitrogens with one attached hydrogen (secondary N) is 1. The molecule has 8 rings (SSSR count). The average molecular weight is 609 g/mol. The van der Waals surface area contributed by atoms with Gasteiger partial charge in [-0.05, 0) is 70.2 Å². The van der Waals surface area contributed by atoms with Crippen LogP contribution in [0.1, 0.15) is 38.5 Å². The van der Waals surface area contributed by atoms with Crippen molar-refractivity contribution in [2.45, 2.75) is 63.2 Å². The Labute approximate surface area is 250 Å². The lowest BCUT2D eigenvalue weighted by atomic mass is 10.1. The fourth-order valence-corrected chi connectivity index (χ4v) is 7.82. The molecule has 1 aromatic carbocycles. The van der Waals surface area contributed by atoms with Gasteiger partial charge in [-0.3, -0.25) is 4.79 Å². The molecular weight excluding hydrogens is 574 g/mol. The maximum atomic E-state index is 17.1. The summed E-state index contributed by atoms with van der Waals surface area (Å²) in [5.74, 6) is -0.481. The largest absolute Gasteiger partial charge is 0.462 e. The fourth-order valence-electron chi connectivity index (χ4n) is 7.06. The molecule has 43 heavy (non-hydrogen) atoms. The van der Waals surface area contributed by atoms with Gasteiger partial charge in [-0.2, -0.15) is 9.97 Å². The predicted molar refractivity (Wildman–Crippen MR) is 163 cm³/mol. The van der Waals surface area contributed by atoms with E-state index >= 15 is 4.39 Å². The summed E-state index contributed by atoms with van der Waals surface area (Å²) in [6.45, 7) is 3.04. The maximum Gasteiger partial charge on any atom is 0.319 e. The van der Waals surface area contributed by atoms with Crippen LogP contribution in [0.3, 0.4) is 0 Å². The number of nitrogens with two attached hydrogens (primary N) is 1. The summed E-state index contributed by atoms with van der Waals surface area (Å²) in [7, 11) is 2.06. The van der Waals surface area contributed by atoms with E-state index in [0.29, 0.717) is 37.6 Å². The van der Waals surface area contributed by atoms with Crippen LogP contribution in [0.5, 0.6) is 6.01 Å².